The third-order valence-corrected chi connectivity index (χ3v) is 4.32. The Bertz CT molecular complexity index is 711. The van der Waals surface area contributed by atoms with Crippen LogP contribution in [0.25, 0.3) is 10.4 Å². The molecule has 13 nitrogen and oxygen atoms in total. The second-order valence-corrected chi connectivity index (χ2v) is 7.11. The van der Waals surface area contributed by atoms with E-state index in [1.807, 2.05) is 0 Å². The maximum atomic E-state index is 11.8. The van der Waals surface area contributed by atoms with Crippen molar-refractivity contribution >= 4 is 23.8 Å². The van der Waals surface area contributed by atoms with Crippen LogP contribution in [0.15, 0.2) is 5.11 Å². The zero-order valence-electron chi connectivity index (χ0n) is 18.6. The molecule has 1 aliphatic heterocycles. The van der Waals surface area contributed by atoms with Gasteiger partial charge in [0, 0.05) is 45.8 Å². The van der Waals surface area contributed by atoms with Crippen molar-refractivity contribution in [2.75, 3.05) is 19.8 Å². The molecule has 0 spiro atoms. The van der Waals surface area contributed by atoms with Gasteiger partial charge in [-0.05, 0) is 18.4 Å². The summed E-state index contributed by atoms with van der Waals surface area (Å²) in [6.45, 7) is 5.12. The van der Waals surface area contributed by atoms with Crippen LogP contribution in [0, 0.1) is 0 Å². The highest BCUT2D eigenvalue weighted by atomic mass is 16.7. The van der Waals surface area contributed by atoms with E-state index < -0.39 is 54.5 Å². The summed E-state index contributed by atoms with van der Waals surface area (Å²) in [5.41, 5.74) is 8.29. The Balaban J connectivity index is 3.05. The summed E-state index contributed by atoms with van der Waals surface area (Å²) in [7, 11) is 0. The number of hydrogen-bond acceptors (Lipinski definition) is 10. The smallest absolute Gasteiger partial charge is 0.303 e. The first-order chi connectivity index (χ1) is 15.1. The summed E-state index contributed by atoms with van der Waals surface area (Å²) in [5, 5.41) is 6.08. The van der Waals surface area contributed by atoms with Crippen molar-refractivity contribution in [1.82, 2.24) is 5.32 Å². The lowest BCUT2D eigenvalue weighted by atomic mass is 9.96. The first-order valence-corrected chi connectivity index (χ1v) is 10.2. The Kier molecular flexibility index (Phi) is 12.1. The number of carbonyl (C=O) groups is 4. The fourth-order valence-corrected chi connectivity index (χ4v) is 3.14. The molecule has 0 aromatic rings. The first-order valence-electron chi connectivity index (χ1n) is 10.2. The van der Waals surface area contributed by atoms with Gasteiger partial charge >= 0.3 is 17.9 Å². The molecule has 1 amide bonds. The second-order valence-electron chi connectivity index (χ2n) is 7.11. The monoisotopic (exact) mass is 458 g/mol. The van der Waals surface area contributed by atoms with Gasteiger partial charge in [0.2, 0.25) is 5.91 Å². The molecule has 1 saturated heterocycles. The maximum Gasteiger partial charge on any atom is 0.303 e. The van der Waals surface area contributed by atoms with Gasteiger partial charge in [0.05, 0.1) is 0 Å². The molecule has 0 radical (unpaired) electrons. The third kappa shape index (κ3) is 9.94. The van der Waals surface area contributed by atoms with Gasteiger partial charge in [-0.25, -0.2) is 0 Å². The summed E-state index contributed by atoms with van der Waals surface area (Å²) < 4.78 is 27.4. The van der Waals surface area contributed by atoms with Gasteiger partial charge in [-0.1, -0.05) is 11.5 Å². The van der Waals surface area contributed by atoms with E-state index in [1.54, 1.807) is 0 Å². The molecule has 1 aliphatic rings. The molecule has 13 heteroatoms. The van der Waals surface area contributed by atoms with Crippen molar-refractivity contribution in [3.05, 3.63) is 10.4 Å². The molecule has 180 valence electrons. The van der Waals surface area contributed by atoms with Gasteiger partial charge in [-0.2, -0.15) is 0 Å². The zero-order valence-corrected chi connectivity index (χ0v) is 18.6. The van der Waals surface area contributed by atoms with Gasteiger partial charge < -0.3 is 29.0 Å². The average Bonchev–Trinajstić information content (AvgIpc) is 2.68. The largest absolute Gasteiger partial charge is 0.463 e. The number of ether oxygens (including phenoxy) is 5. The number of rotatable bonds is 12. The van der Waals surface area contributed by atoms with E-state index in [1.165, 1.54) is 27.7 Å². The van der Waals surface area contributed by atoms with E-state index in [9.17, 15) is 19.2 Å². The molecule has 0 bridgehead atoms. The fourth-order valence-electron chi connectivity index (χ4n) is 3.14. The molecule has 5 atom stereocenters. The Hall–Kier alpha value is -2.89. The quantitative estimate of drug-likeness (QED) is 0.112. The van der Waals surface area contributed by atoms with Crippen LogP contribution >= 0.6 is 0 Å². The topological polar surface area (TPSA) is 175 Å². The van der Waals surface area contributed by atoms with E-state index in [-0.39, 0.29) is 13.2 Å². The molecule has 0 aromatic heterocycles. The van der Waals surface area contributed by atoms with E-state index in [4.69, 9.17) is 29.2 Å². The van der Waals surface area contributed by atoms with Crippen molar-refractivity contribution in [2.24, 2.45) is 5.11 Å². The highest BCUT2D eigenvalue weighted by Crippen LogP contribution is 2.28. The highest BCUT2D eigenvalue weighted by molar-refractivity contribution is 5.73. The van der Waals surface area contributed by atoms with Gasteiger partial charge in [0.15, 0.2) is 18.5 Å². The van der Waals surface area contributed by atoms with Crippen molar-refractivity contribution in [1.29, 1.82) is 0 Å². The summed E-state index contributed by atoms with van der Waals surface area (Å²) in [4.78, 5) is 49.2. The highest BCUT2D eigenvalue weighted by Gasteiger charge is 2.51. The summed E-state index contributed by atoms with van der Waals surface area (Å²) in [5.74, 6) is -2.38. The summed E-state index contributed by atoms with van der Waals surface area (Å²) >= 11 is 0. The minimum absolute atomic E-state index is 0.225. The van der Waals surface area contributed by atoms with E-state index in [2.05, 4.69) is 15.3 Å². The van der Waals surface area contributed by atoms with Crippen LogP contribution in [0.5, 0.6) is 0 Å². The van der Waals surface area contributed by atoms with Gasteiger partial charge in [0.25, 0.3) is 0 Å². The van der Waals surface area contributed by atoms with E-state index in [0.717, 1.165) is 6.42 Å². The summed E-state index contributed by atoms with van der Waals surface area (Å²) in [6, 6.07) is -0.988. The van der Waals surface area contributed by atoms with Crippen LogP contribution in [0.4, 0.5) is 0 Å². The van der Waals surface area contributed by atoms with Crippen LogP contribution in [-0.2, 0) is 42.9 Å². The van der Waals surface area contributed by atoms with Crippen LogP contribution in [0.2, 0.25) is 0 Å². The van der Waals surface area contributed by atoms with Gasteiger partial charge in [0.1, 0.15) is 18.8 Å². The van der Waals surface area contributed by atoms with E-state index >= 15 is 0 Å². The lowest BCUT2D eigenvalue weighted by Gasteiger charge is -2.44. The molecule has 0 unspecified atom stereocenters. The number of carbonyl (C=O) groups excluding carboxylic acids is 4. The fraction of sp³-hybridized carbons (Fsp3) is 0.789. The van der Waals surface area contributed by atoms with Gasteiger partial charge in [-0.15, -0.1) is 0 Å². The molecule has 0 aromatic carbocycles. The number of hydrogen-bond donors (Lipinski definition) is 1. The average molecular weight is 458 g/mol. The molecule has 1 heterocycles. The molecule has 1 fully saturated rings. The molecule has 32 heavy (non-hydrogen) atoms. The standard InChI is InChI=1S/C19H30N4O9/c1-11(24)22-16-18(31-14(4)27)17(30-13(3)26)15(10-29-12(2)25)32-19(16)28-9-7-5-6-8-21-23-20/h15-19H,5-10H2,1-4H3,(H,22,24)/t15-,16-,17-,18-,19-/m1/s1. The molecule has 0 aliphatic carbocycles. The van der Waals surface area contributed by atoms with Crippen molar-refractivity contribution < 1.29 is 42.9 Å². The molecular weight excluding hydrogens is 428 g/mol. The molecule has 0 saturated carbocycles. The van der Waals surface area contributed by atoms with Crippen molar-refractivity contribution in [3.8, 4) is 0 Å². The number of amides is 1. The normalized spacial score (nSPS) is 24.6. The van der Waals surface area contributed by atoms with Crippen LogP contribution in [-0.4, -0.2) is 74.2 Å². The minimum atomic E-state index is -1.16. The SMILES string of the molecule is CC(=O)N[C@H]1[C@H](OCCCCCN=[N+]=[N-])O[C@H](COC(C)=O)[C@@H](OC(C)=O)[C@@H]1OC(C)=O. The maximum absolute atomic E-state index is 11.8. The first kappa shape index (κ1) is 27.1. The zero-order chi connectivity index (χ0) is 24.1. The Labute approximate surface area is 185 Å². The van der Waals surface area contributed by atoms with Crippen molar-refractivity contribution in [2.45, 2.75) is 77.6 Å². The minimum Gasteiger partial charge on any atom is -0.463 e. The molecular formula is C19H30N4O9. The van der Waals surface area contributed by atoms with Crippen LogP contribution in [0.3, 0.4) is 0 Å². The summed E-state index contributed by atoms with van der Waals surface area (Å²) in [6.07, 6.45) is -2.39. The predicted molar refractivity (Wildman–Crippen MR) is 108 cm³/mol. The Morgan fingerprint density at radius 2 is 1.62 bits per heavy atom. The number of nitrogens with zero attached hydrogens (tertiary/aromatic N) is 3. The molecule has 1 N–H and O–H groups in total. The lowest BCUT2D eigenvalue weighted by molar-refractivity contribution is -0.277. The van der Waals surface area contributed by atoms with Gasteiger partial charge in [-0.3, -0.25) is 19.2 Å². The van der Waals surface area contributed by atoms with Crippen LogP contribution in [0.1, 0.15) is 47.0 Å². The Morgan fingerprint density at radius 3 is 2.19 bits per heavy atom. The van der Waals surface area contributed by atoms with Crippen molar-refractivity contribution in [3.63, 3.8) is 0 Å². The number of esters is 3. The van der Waals surface area contributed by atoms with E-state index in [0.29, 0.717) is 19.4 Å². The number of azide groups is 1. The van der Waals surface area contributed by atoms with Crippen LogP contribution < -0.4 is 5.32 Å². The second kappa shape index (κ2) is 14.2. The number of nitrogens with one attached hydrogen (secondary N) is 1. The Morgan fingerprint density at radius 1 is 0.969 bits per heavy atom. The molecule has 1 rings (SSSR count). The lowest BCUT2D eigenvalue weighted by Crippen LogP contribution is -2.66. The number of unbranched alkanes of at least 4 members (excludes halogenated alkanes) is 2. The predicted octanol–water partition coefficient (Wildman–Crippen LogP) is 1.14. The third-order valence-electron chi connectivity index (χ3n) is 4.32.